The molecule has 3 amide bonds. The number of urea groups is 1. The monoisotopic (exact) mass is 411 g/mol. The number of rotatable bonds is 3. The van der Waals surface area contributed by atoms with Crippen molar-refractivity contribution >= 4 is 17.6 Å². The average Bonchev–Trinajstić information content (AvgIpc) is 3.10. The van der Waals surface area contributed by atoms with Gasteiger partial charge in [0.2, 0.25) is 0 Å². The molecule has 0 saturated heterocycles. The number of carbonyl (C=O) groups excluding carboxylic acids is 2. The molecule has 3 aromatic rings. The van der Waals surface area contributed by atoms with Gasteiger partial charge in [-0.1, -0.05) is 18.2 Å². The van der Waals surface area contributed by atoms with Crippen molar-refractivity contribution in [3.63, 3.8) is 0 Å². The number of hydrogen-bond acceptors (Lipinski definition) is 3. The molecule has 0 saturated carbocycles. The van der Waals surface area contributed by atoms with Crippen LogP contribution in [0.4, 0.5) is 19.3 Å². The van der Waals surface area contributed by atoms with Crippen molar-refractivity contribution in [3.8, 4) is 11.3 Å². The van der Waals surface area contributed by atoms with Gasteiger partial charge < -0.3 is 16.0 Å². The van der Waals surface area contributed by atoms with Gasteiger partial charge in [-0.15, -0.1) is 0 Å². The molecule has 2 aromatic carbocycles. The Morgan fingerprint density at radius 2 is 1.93 bits per heavy atom. The van der Waals surface area contributed by atoms with Gasteiger partial charge >= 0.3 is 6.03 Å². The summed E-state index contributed by atoms with van der Waals surface area (Å²) in [7, 11) is 0. The lowest BCUT2D eigenvalue weighted by Gasteiger charge is -2.28. The van der Waals surface area contributed by atoms with Crippen LogP contribution in [0, 0.1) is 18.6 Å². The summed E-state index contributed by atoms with van der Waals surface area (Å²) in [5.74, 6) is -1.58. The third kappa shape index (κ3) is 3.61. The molecule has 0 bridgehead atoms. The molecule has 154 valence electrons. The minimum absolute atomic E-state index is 0.0841. The van der Waals surface area contributed by atoms with Crippen LogP contribution in [0.5, 0.6) is 0 Å². The van der Waals surface area contributed by atoms with Crippen molar-refractivity contribution < 1.29 is 18.4 Å². The number of aromatic nitrogens is 2. The molecule has 0 unspecified atom stereocenters. The van der Waals surface area contributed by atoms with Gasteiger partial charge in [0.05, 0.1) is 24.3 Å². The summed E-state index contributed by atoms with van der Waals surface area (Å²) in [5, 5.41) is 7.08. The summed E-state index contributed by atoms with van der Waals surface area (Å²) in [6, 6.07) is 9.73. The molecular weight excluding hydrogens is 392 g/mol. The quantitative estimate of drug-likeness (QED) is 0.693. The first-order chi connectivity index (χ1) is 14.3. The van der Waals surface area contributed by atoms with Crippen LogP contribution in [0.25, 0.3) is 11.3 Å². The van der Waals surface area contributed by atoms with E-state index in [0.717, 1.165) is 0 Å². The van der Waals surface area contributed by atoms with E-state index in [2.05, 4.69) is 10.4 Å². The minimum atomic E-state index is -0.710. The van der Waals surface area contributed by atoms with Crippen molar-refractivity contribution in [2.45, 2.75) is 20.0 Å². The van der Waals surface area contributed by atoms with E-state index in [1.165, 1.54) is 29.2 Å². The third-order valence-electron chi connectivity index (χ3n) is 5.03. The summed E-state index contributed by atoms with van der Waals surface area (Å²) in [6.07, 6.45) is 0. The molecule has 0 fully saturated rings. The van der Waals surface area contributed by atoms with E-state index in [0.29, 0.717) is 35.6 Å². The molecule has 9 heteroatoms. The SMILES string of the molecule is Cc1ccc(NC(=O)N2CCn3nc(-c4cccc(F)c4)c(C(N)=O)c3C2)cc1F. The molecule has 0 aliphatic carbocycles. The summed E-state index contributed by atoms with van der Waals surface area (Å²) < 4.78 is 29.0. The third-order valence-corrected chi connectivity index (χ3v) is 5.03. The fourth-order valence-electron chi connectivity index (χ4n) is 3.46. The number of anilines is 1. The number of fused-ring (bicyclic) bond motifs is 1. The van der Waals surface area contributed by atoms with Gasteiger partial charge in [0.1, 0.15) is 17.3 Å². The Labute approximate surface area is 171 Å². The molecule has 0 radical (unpaired) electrons. The molecule has 3 N–H and O–H groups in total. The predicted octanol–water partition coefficient (Wildman–Crippen LogP) is 3.28. The van der Waals surface area contributed by atoms with Crippen molar-refractivity contribution in [2.24, 2.45) is 5.73 Å². The lowest BCUT2D eigenvalue weighted by Crippen LogP contribution is -2.41. The van der Waals surface area contributed by atoms with Crippen molar-refractivity contribution in [1.82, 2.24) is 14.7 Å². The summed E-state index contributed by atoms with van der Waals surface area (Å²) in [6.45, 7) is 2.38. The summed E-state index contributed by atoms with van der Waals surface area (Å²) in [5.41, 5.74) is 7.72. The second-order valence-electron chi connectivity index (χ2n) is 7.08. The molecule has 4 rings (SSSR count). The highest BCUT2D eigenvalue weighted by Gasteiger charge is 2.29. The first-order valence-electron chi connectivity index (χ1n) is 9.31. The molecule has 2 heterocycles. The molecular formula is C21H19F2N5O2. The number of hydrogen-bond donors (Lipinski definition) is 2. The van der Waals surface area contributed by atoms with Gasteiger partial charge in [0.25, 0.3) is 5.91 Å². The Kier molecular flexibility index (Phi) is 4.94. The molecule has 7 nitrogen and oxygen atoms in total. The van der Waals surface area contributed by atoms with E-state index in [4.69, 9.17) is 5.73 Å². The average molecular weight is 411 g/mol. The van der Waals surface area contributed by atoms with Gasteiger partial charge in [0.15, 0.2) is 0 Å². The zero-order chi connectivity index (χ0) is 21.4. The maximum Gasteiger partial charge on any atom is 0.322 e. The first-order valence-corrected chi connectivity index (χ1v) is 9.31. The molecule has 1 aliphatic rings. The van der Waals surface area contributed by atoms with Crippen LogP contribution in [0.3, 0.4) is 0 Å². The highest BCUT2D eigenvalue weighted by Crippen LogP contribution is 2.29. The van der Waals surface area contributed by atoms with E-state index in [-0.39, 0.29) is 17.8 Å². The van der Waals surface area contributed by atoms with Crippen LogP contribution in [0.2, 0.25) is 0 Å². The van der Waals surface area contributed by atoms with E-state index < -0.39 is 23.6 Å². The Bertz CT molecular complexity index is 1160. The van der Waals surface area contributed by atoms with Gasteiger partial charge in [-0.3, -0.25) is 9.48 Å². The second-order valence-corrected chi connectivity index (χ2v) is 7.08. The van der Waals surface area contributed by atoms with Crippen LogP contribution < -0.4 is 11.1 Å². The Balaban J connectivity index is 1.62. The molecule has 1 aliphatic heterocycles. The van der Waals surface area contributed by atoms with Crippen LogP contribution in [0.1, 0.15) is 21.6 Å². The second kappa shape index (κ2) is 7.58. The molecule has 0 atom stereocenters. The zero-order valence-corrected chi connectivity index (χ0v) is 16.2. The molecule has 1 aromatic heterocycles. The normalized spacial score (nSPS) is 13.1. The topological polar surface area (TPSA) is 93.2 Å². The first kappa shape index (κ1) is 19.6. The number of nitrogens with one attached hydrogen (secondary N) is 1. The standard InChI is InChI=1S/C21H19F2N5O2/c1-12-5-6-15(10-16(12)23)25-21(30)27-7-8-28-17(11-27)18(20(24)29)19(26-28)13-3-2-4-14(22)9-13/h2-6,9-10H,7-8,11H2,1H3,(H2,24,29)(H,25,30). The van der Waals surface area contributed by atoms with Crippen molar-refractivity contribution in [2.75, 3.05) is 11.9 Å². The fourth-order valence-corrected chi connectivity index (χ4v) is 3.46. The largest absolute Gasteiger partial charge is 0.365 e. The van der Waals surface area contributed by atoms with Gasteiger partial charge in [-0.05, 0) is 36.8 Å². The Morgan fingerprint density at radius 3 is 2.63 bits per heavy atom. The van der Waals surface area contributed by atoms with Gasteiger partial charge in [-0.25, -0.2) is 13.6 Å². The lowest BCUT2D eigenvalue weighted by atomic mass is 10.0. The van der Waals surface area contributed by atoms with Crippen LogP contribution in [0.15, 0.2) is 42.5 Å². The number of nitrogens with zero attached hydrogens (tertiary/aromatic N) is 3. The predicted molar refractivity (Wildman–Crippen MR) is 107 cm³/mol. The smallest absolute Gasteiger partial charge is 0.322 e. The zero-order valence-electron chi connectivity index (χ0n) is 16.2. The van der Waals surface area contributed by atoms with E-state index in [9.17, 15) is 18.4 Å². The lowest BCUT2D eigenvalue weighted by molar-refractivity contribution is 0.0997. The highest BCUT2D eigenvalue weighted by atomic mass is 19.1. The Hall–Kier alpha value is -3.75. The Morgan fingerprint density at radius 1 is 1.13 bits per heavy atom. The molecule has 30 heavy (non-hydrogen) atoms. The number of nitrogens with two attached hydrogens (primary N) is 1. The van der Waals surface area contributed by atoms with Crippen LogP contribution >= 0.6 is 0 Å². The van der Waals surface area contributed by atoms with Crippen molar-refractivity contribution in [1.29, 1.82) is 0 Å². The number of carbonyl (C=O) groups is 2. The molecule has 0 spiro atoms. The van der Waals surface area contributed by atoms with E-state index >= 15 is 0 Å². The van der Waals surface area contributed by atoms with Crippen LogP contribution in [-0.4, -0.2) is 33.2 Å². The summed E-state index contributed by atoms with van der Waals surface area (Å²) >= 11 is 0. The number of benzene rings is 2. The minimum Gasteiger partial charge on any atom is -0.365 e. The number of halogens is 2. The number of amides is 3. The highest BCUT2D eigenvalue weighted by molar-refractivity contribution is 6.00. The van der Waals surface area contributed by atoms with E-state index in [1.54, 1.807) is 29.8 Å². The van der Waals surface area contributed by atoms with Crippen LogP contribution in [-0.2, 0) is 13.1 Å². The fraction of sp³-hybridized carbons (Fsp3) is 0.190. The number of aryl methyl sites for hydroxylation is 1. The van der Waals surface area contributed by atoms with E-state index in [1.807, 2.05) is 0 Å². The number of primary amides is 1. The van der Waals surface area contributed by atoms with Crippen molar-refractivity contribution in [3.05, 3.63) is 70.9 Å². The maximum absolute atomic E-state index is 13.7. The maximum atomic E-state index is 13.7. The van der Waals surface area contributed by atoms with Gasteiger partial charge in [0, 0.05) is 17.8 Å². The summed E-state index contributed by atoms with van der Waals surface area (Å²) in [4.78, 5) is 26.3. The van der Waals surface area contributed by atoms with Gasteiger partial charge in [-0.2, -0.15) is 5.10 Å².